The van der Waals surface area contributed by atoms with Crippen molar-refractivity contribution < 1.29 is 17.5 Å². The fraction of sp³-hybridized carbons (Fsp3) is 0.357. The molecule has 1 aromatic carbocycles. The molecule has 6 heteroatoms. The van der Waals surface area contributed by atoms with Crippen LogP contribution < -0.4 is 4.57 Å². The Balaban J connectivity index is 0.000000204. The van der Waals surface area contributed by atoms with Crippen LogP contribution in [-0.4, -0.2) is 18.0 Å². The van der Waals surface area contributed by atoms with Crippen molar-refractivity contribution in [2.45, 2.75) is 32.1 Å². The van der Waals surface area contributed by atoms with Crippen molar-refractivity contribution in [2.75, 3.05) is 0 Å². The first-order chi connectivity index (χ1) is 9.25. The Kier molecular flexibility index (Phi) is 5.47. The molecule has 20 heavy (non-hydrogen) atoms. The van der Waals surface area contributed by atoms with E-state index < -0.39 is 10.1 Å². The molecular weight excluding hydrogens is 276 g/mol. The molecule has 1 heterocycles. The van der Waals surface area contributed by atoms with Crippen LogP contribution in [0.2, 0.25) is 0 Å². The summed E-state index contributed by atoms with van der Waals surface area (Å²) in [6, 6.07) is 5.78. The van der Waals surface area contributed by atoms with Crippen LogP contribution in [0.15, 0.2) is 35.4 Å². The molecule has 0 aliphatic heterocycles. The van der Waals surface area contributed by atoms with Crippen molar-refractivity contribution in [3.63, 3.8) is 0 Å². The Morgan fingerprint density at radius 3 is 2.05 bits per heavy atom. The maximum absolute atomic E-state index is 10.4. The van der Waals surface area contributed by atoms with E-state index in [4.69, 9.17) is 0 Å². The average molecular weight is 296 g/mol. The van der Waals surface area contributed by atoms with E-state index in [1.165, 1.54) is 23.7 Å². The van der Waals surface area contributed by atoms with Crippen LogP contribution in [0.4, 0.5) is 0 Å². The van der Waals surface area contributed by atoms with Crippen LogP contribution in [-0.2, 0) is 23.6 Å². The van der Waals surface area contributed by atoms with E-state index in [0.29, 0.717) is 0 Å². The number of nitrogens with one attached hydrogen (secondary N) is 1. The molecule has 0 aliphatic carbocycles. The van der Waals surface area contributed by atoms with Crippen molar-refractivity contribution in [3.05, 3.63) is 47.5 Å². The highest BCUT2D eigenvalue weighted by molar-refractivity contribution is 7.85. The Morgan fingerprint density at radius 1 is 1.20 bits per heavy atom. The van der Waals surface area contributed by atoms with Gasteiger partial charge in [0.2, 0.25) is 0 Å². The van der Waals surface area contributed by atoms with E-state index in [9.17, 15) is 13.0 Å². The first-order valence-electron chi connectivity index (χ1n) is 6.31. The predicted molar refractivity (Wildman–Crippen MR) is 75.2 cm³/mol. The van der Waals surface area contributed by atoms with Gasteiger partial charge in [0, 0.05) is 13.3 Å². The van der Waals surface area contributed by atoms with Gasteiger partial charge in [0.25, 0.3) is 5.82 Å². The standard InChI is InChI=1S/C7H12N2.C7H8O3S/c1-4-7-5-8-6(2)9(7)3;1-6-2-4-7(5-3-6)11(8,9)10/h5H,4H2,1-3H3;2-5H,1H3,(H,8,9,10). The molecule has 0 spiro atoms. The van der Waals surface area contributed by atoms with Crippen molar-refractivity contribution in [1.82, 2.24) is 4.98 Å². The van der Waals surface area contributed by atoms with E-state index in [1.807, 2.05) is 6.92 Å². The van der Waals surface area contributed by atoms with Crippen LogP contribution >= 0.6 is 0 Å². The number of aryl methyl sites for hydroxylation is 3. The molecular formula is C14H20N2O3S. The maximum Gasteiger partial charge on any atom is 0.251 e. The zero-order chi connectivity index (χ0) is 15.3. The third-order valence-corrected chi connectivity index (χ3v) is 3.90. The minimum atomic E-state index is -4.27. The van der Waals surface area contributed by atoms with Gasteiger partial charge in [0.1, 0.15) is 22.0 Å². The number of benzene rings is 1. The van der Waals surface area contributed by atoms with Gasteiger partial charge in [-0.1, -0.05) is 24.6 Å². The van der Waals surface area contributed by atoms with Crippen molar-refractivity contribution in [2.24, 2.45) is 7.05 Å². The lowest BCUT2D eigenvalue weighted by atomic mass is 10.2. The van der Waals surface area contributed by atoms with Crippen LogP contribution in [0.5, 0.6) is 0 Å². The molecule has 2 aromatic rings. The summed E-state index contributed by atoms with van der Waals surface area (Å²) in [7, 11) is -2.20. The summed E-state index contributed by atoms with van der Waals surface area (Å²) in [5, 5.41) is 0. The quantitative estimate of drug-likeness (QED) is 0.675. The molecule has 1 N–H and O–H groups in total. The smallest absolute Gasteiger partial charge is 0.251 e. The molecule has 0 saturated heterocycles. The van der Waals surface area contributed by atoms with Crippen LogP contribution in [0.25, 0.3) is 0 Å². The number of nitrogens with zero attached hydrogens (tertiary/aromatic N) is 1. The minimum Gasteiger partial charge on any atom is -0.744 e. The summed E-state index contributed by atoms with van der Waals surface area (Å²) in [6.07, 6.45) is 3.15. The molecule has 0 bridgehead atoms. The molecule has 5 nitrogen and oxygen atoms in total. The number of rotatable bonds is 2. The van der Waals surface area contributed by atoms with Crippen molar-refractivity contribution in [3.8, 4) is 0 Å². The molecule has 0 fully saturated rings. The Labute approximate surface area is 120 Å². The molecule has 110 valence electrons. The number of aromatic nitrogens is 2. The Hall–Kier alpha value is -1.66. The lowest BCUT2D eigenvalue weighted by Gasteiger charge is -2.05. The third-order valence-electron chi connectivity index (χ3n) is 3.05. The Bertz CT molecular complexity index is 658. The fourth-order valence-electron chi connectivity index (χ4n) is 1.64. The molecule has 0 saturated carbocycles. The highest BCUT2D eigenvalue weighted by Gasteiger charge is 2.05. The van der Waals surface area contributed by atoms with Gasteiger partial charge in [-0.15, -0.1) is 0 Å². The van der Waals surface area contributed by atoms with Gasteiger partial charge in [-0.3, -0.25) is 0 Å². The average Bonchev–Trinajstić information content (AvgIpc) is 2.70. The van der Waals surface area contributed by atoms with Crippen LogP contribution in [0, 0.1) is 13.8 Å². The summed E-state index contributed by atoms with van der Waals surface area (Å²) < 4.78 is 33.3. The predicted octanol–water partition coefficient (Wildman–Crippen LogP) is 1.61. The first-order valence-corrected chi connectivity index (χ1v) is 7.72. The van der Waals surface area contributed by atoms with E-state index in [2.05, 4.69) is 36.6 Å². The molecule has 0 aliphatic rings. The van der Waals surface area contributed by atoms with Gasteiger partial charge < -0.3 is 4.55 Å². The van der Waals surface area contributed by atoms with Gasteiger partial charge in [0.15, 0.2) is 0 Å². The lowest BCUT2D eigenvalue weighted by Crippen LogP contribution is -2.33. The Morgan fingerprint density at radius 2 is 1.75 bits per heavy atom. The van der Waals surface area contributed by atoms with Gasteiger partial charge in [-0.2, -0.15) is 0 Å². The summed E-state index contributed by atoms with van der Waals surface area (Å²) in [6.45, 7) is 6.04. The van der Waals surface area contributed by atoms with E-state index in [-0.39, 0.29) is 4.90 Å². The molecule has 0 atom stereocenters. The van der Waals surface area contributed by atoms with Gasteiger partial charge in [-0.05, 0) is 19.1 Å². The third kappa shape index (κ3) is 4.47. The number of hydrogen-bond donors (Lipinski definition) is 1. The first kappa shape index (κ1) is 16.4. The number of aromatic amines is 1. The van der Waals surface area contributed by atoms with Gasteiger partial charge in [-0.25, -0.2) is 18.0 Å². The second-order valence-corrected chi connectivity index (χ2v) is 5.92. The fourth-order valence-corrected chi connectivity index (χ4v) is 2.11. The second kappa shape index (κ2) is 6.67. The summed E-state index contributed by atoms with van der Waals surface area (Å²) >= 11 is 0. The minimum absolute atomic E-state index is 0.178. The summed E-state index contributed by atoms with van der Waals surface area (Å²) in [5.74, 6) is 1.21. The zero-order valence-corrected chi connectivity index (χ0v) is 13.0. The van der Waals surface area contributed by atoms with Crippen LogP contribution in [0.1, 0.15) is 24.0 Å². The van der Waals surface area contributed by atoms with Crippen molar-refractivity contribution >= 4 is 10.1 Å². The molecule has 0 radical (unpaired) electrons. The monoisotopic (exact) mass is 296 g/mol. The SMILES string of the molecule is CCc1c[nH]c(C)[n+]1C.Cc1ccc(S(=O)(=O)[O-])cc1. The maximum atomic E-state index is 10.4. The van der Waals surface area contributed by atoms with E-state index in [0.717, 1.165) is 12.0 Å². The lowest BCUT2D eigenvalue weighted by molar-refractivity contribution is -0.683. The number of imidazole rings is 1. The molecule has 0 unspecified atom stereocenters. The normalized spacial score (nSPS) is 10.8. The topological polar surface area (TPSA) is 76.9 Å². The molecule has 2 rings (SSSR count). The summed E-state index contributed by atoms with van der Waals surface area (Å²) in [4.78, 5) is 2.97. The van der Waals surface area contributed by atoms with E-state index in [1.54, 1.807) is 12.1 Å². The molecule has 0 amide bonds. The number of H-pyrrole nitrogens is 1. The highest BCUT2D eigenvalue weighted by atomic mass is 32.2. The summed E-state index contributed by atoms with van der Waals surface area (Å²) in [5.41, 5.74) is 2.28. The highest BCUT2D eigenvalue weighted by Crippen LogP contribution is 2.08. The van der Waals surface area contributed by atoms with Gasteiger partial charge in [0.05, 0.1) is 11.9 Å². The largest absolute Gasteiger partial charge is 0.744 e. The number of hydrogen-bond acceptors (Lipinski definition) is 3. The second-order valence-electron chi connectivity index (χ2n) is 4.55. The van der Waals surface area contributed by atoms with Gasteiger partial charge >= 0.3 is 0 Å². The van der Waals surface area contributed by atoms with Crippen LogP contribution in [0.3, 0.4) is 0 Å². The molecule has 1 aromatic heterocycles. The zero-order valence-electron chi connectivity index (χ0n) is 12.2. The van der Waals surface area contributed by atoms with Crippen molar-refractivity contribution in [1.29, 1.82) is 0 Å². The van der Waals surface area contributed by atoms with E-state index >= 15 is 0 Å².